The highest BCUT2D eigenvalue weighted by molar-refractivity contribution is 5.97. The Hall–Kier alpha value is -2.30. The molecule has 2 aromatic rings. The molecule has 1 aromatic heterocycles. The molecule has 0 atom stereocenters. The maximum Gasteiger partial charge on any atom is 0.263 e. The van der Waals surface area contributed by atoms with Crippen molar-refractivity contribution < 1.29 is 9.53 Å². The molecule has 1 aromatic carbocycles. The predicted molar refractivity (Wildman–Crippen MR) is 83.0 cm³/mol. The van der Waals surface area contributed by atoms with Gasteiger partial charge in [-0.15, -0.1) is 0 Å². The van der Waals surface area contributed by atoms with E-state index < -0.39 is 5.54 Å². The number of fused-ring (bicyclic) bond motifs is 1. The molecule has 0 spiro atoms. The van der Waals surface area contributed by atoms with Gasteiger partial charge in [-0.3, -0.25) is 9.59 Å². The Morgan fingerprint density at radius 2 is 1.90 bits per heavy atom. The molecule has 0 unspecified atom stereocenters. The van der Waals surface area contributed by atoms with E-state index >= 15 is 0 Å². The zero-order valence-corrected chi connectivity index (χ0v) is 13.0. The first kappa shape index (κ1) is 15.1. The SMILES string of the molecule is COc1ccc2cc(C(=O)NC(C)(C)C)c(=O)n(C)c2c1. The summed E-state index contributed by atoms with van der Waals surface area (Å²) in [6.45, 7) is 5.63. The van der Waals surface area contributed by atoms with E-state index in [2.05, 4.69) is 5.32 Å². The summed E-state index contributed by atoms with van der Waals surface area (Å²) >= 11 is 0. The summed E-state index contributed by atoms with van der Waals surface area (Å²) in [4.78, 5) is 24.6. The number of amides is 1. The van der Waals surface area contributed by atoms with Crippen molar-refractivity contribution in [3.8, 4) is 5.75 Å². The van der Waals surface area contributed by atoms with E-state index in [1.54, 1.807) is 32.4 Å². The number of carbonyl (C=O) groups excluding carboxylic acids is 1. The second-order valence-electron chi connectivity index (χ2n) is 6.05. The fourth-order valence-corrected chi connectivity index (χ4v) is 2.14. The second kappa shape index (κ2) is 5.24. The lowest BCUT2D eigenvalue weighted by Gasteiger charge is -2.20. The minimum atomic E-state index is -0.392. The number of aromatic nitrogens is 1. The zero-order chi connectivity index (χ0) is 15.8. The van der Waals surface area contributed by atoms with Crippen LogP contribution < -0.4 is 15.6 Å². The third-order valence-electron chi connectivity index (χ3n) is 3.17. The van der Waals surface area contributed by atoms with Crippen LogP contribution in [0.1, 0.15) is 31.1 Å². The Bertz CT molecular complexity index is 754. The van der Waals surface area contributed by atoms with Gasteiger partial charge in [0.15, 0.2) is 0 Å². The van der Waals surface area contributed by atoms with Gasteiger partial charge >= 0.3 is 0 Å². The molecule has 0 saturated carbocycles. The summed E-state index contributed by atoms with van der Waals surface area (Å²) in [5.74, 6) is 0.310. The minimum Gasteiger partial charge on any atom is -0.497 e. The molecule has 0 radical (unpaired) electrons. The molecule has 5 nitrogen and oxygen atoms in total. The maximum absolute atomic E-state index is 12.4. The van der Waals surface area contributed by atoms with Crippen LogP contribution in [0.4, 0.5) is 0 Å². The minimum absolute atomic E-state index is 0.144. The van der Waals surface area contributed by atoms with E-state index in [9.17, 15) is 9.59 Å². The maximum atomic E-state index is 12.4. The first-order valence-corrected chi connectivity index (χ1v) is 6.73. The van der Waals surface area contributed by atoms with Gasteiger partial charge in [-0.1, -0.05) is 0 Å². The standard InChI is InChI=1S/C16H20N2O3/c1-16(2,3)17-14(19)12-8-10-6-7-11(21-5)9-13(10)18(4)15(12)20/h6-9H,1-5H3,(H,17,19). The largest absolute Gasteiger partial charge is 0.497 e. The molecule has 1 heterocycles. The highest BCUT2D eigenvalue weighted by Crippen LogP contribution is 2.20. The Morgan fingerprint density at radius 1 is 1.24 bits per heavy atom. The first-order chi connectivity index (χ1) is 9.73. The Balaban J connectivity index is 2.60. The van der Waals surface area contributed by atoms with Crippen molar-refractivity contribution >= 4 is 16.8 Å². The zero-order valence-electron chi connectivity index (χ0n) is 13.0. The lowest BCUT2D eigenvalue weighted by atomic mass is 10.1. The molecular weight excluding hydrogens is 268 g/mol. The van der Waals surface area contributed by atoms with Gasteiger partial charge in [0.05, 0.1) is 12.6 Å². The quantitative estimate of drug-likeness (QED) is 0.920. The van der Waals surface area contributed by atoms with E-state index in [1.165, 1.54) is 4.57 Å². The van der Waals surface area contributed by atoms with Gasteiger partial charge < -0.3 is 14.6 Å². The number of hydrogen-bond donors (Lipinski definition) is 1. The summed E-state index contributed by atoms with van der Waals surface area (Å²) in [5, 5.41) is 3.63. The topological polar surface area (TPSA) is 60.3 Å². The van der Waals surface area contributed by atoms with Crippen molar-refractivity contribution in [2.24, 2.45) is 7.05 Å². The van der Waals surface area contributed by atoms with Crippen LogP contribution in [0.3, 0.4) is 0 Å². The van der Waals surface area contributed by atoms with Crippen LogP contribution in [-0.4, -0.2) is 23.1 Å². The number of nitrogens with zero attached hydrogens (tertiary/aromatic N) is 1. The average molecular weight is 288 g/mol. The predicted octanol–water partition coefficient (Wildman–Crippen LogP) is 2.08. The molecule has 0 fully saturated rings. The van der Waals surface area contributed by atoms with E-state index in [4.69, 9.17) is 4.74 Å². The monoisotopic (exact) mass is 288 g/mol. The third-order valence-corrected chi connectivity index (χ3v) is 3.17. The molecule has 112 valence electrons. The number of aryl methyl sites for hydroxylation is 1. The normalized spacial score (nSPS) is 11.5. The second-order valence-corrected chi connectivity index (χ2v) is 6.05. The van der Waals surface area contributed by atoms with Crippen LogP contribution in [0.2, 0.25) is 0 Å². The summed E-state index contributed by atoms with van der Waals surface area (Å²) in [5.41, 5.74) is 0.158. The number of nitrogens with one attached hydrogen (secondary N) is 1. The first-order valence-electron chi connectivity index (χ1n) is 6.73. The highest BCUT2D eigenvalue weighted by Gasteiger charge is 2.19. The molecule has 0 bridgehead atoms. The third kappa shape index (κ3) is 3.07. The van der Waals surface area contributed by atoms with Gasteiger partial charge in [-0.2, -0.15) is 0 Å². The molecule has 0 aliphatic rings. The van der Waals surface area contributed by atoms with Crippen LogP contribution in [0.25, 0.3) is 10.9 Å². The smallest absolute Gasteiger partial charge is 0.263 e. The summed E-state index contributed by atoms with van der Waals surface area (Å²) < 4.78 is 6.63. The number of methoxy groups -OCH3 is 1. The lowest BCUT2D eigenvalue weighted by Crippen LogP contribution is -2.43. The molecule has 5 heteroatoms. The molecule has 0 aliphatic heterocycles. The number of benzene rings is 1. The van der Waals surface area contributed by atoms with Gasteiger partial charge in [0.25, 0.3) is 11.5 Å². The van der Waals surface area contributed by atoms with Crippen LogP contribution >= 0.6 is 0 Å². The summed E-state index contributed by atoms with van der Waals surface area (Å²) in [6, 6.07) is 7.04. The lowest BCUT2D eigenvalue weighted by molar-refractivity contribution is 0.0917. The van der Waals surface area contributed by atoms with Crippen molar-refractivity contribution in [1.82, 2.24) is 9.88 Å². The number of carbonyl (C=O) groups is 1. The average Bonchev–Trinajstić information content (AvgIpc) is 2.40. The number of ether oxygens (including phenoxy) is 1. The van der Waals surface area contributed by atoms with E-state index in [-0.39, 0.29) is 17.0 Å². The van der Waals surface area contributed by atoms with Crippen molar-refractivity contribution in [3.05, 3.63) is 40.2 Å². The van der Waals surface area contributed by atoms with Gasteiger partial charge in [0.1, 0.15) is 11.3 Å². The van der Waals surface area contributed by atoms with Crippen molar-refractivity contribution in [3.63, 3.8) is 0 Å². The molecule has 1 N–H and O–H groups in total. The fourth-order valence-electron chi connectivity index (χ4n) is 2.14. The molecular formula is C16H20N2O3. The highest BCUT2D eigenvalue weighted by atomic mass is 16.5. The molecule has 0 saturated heterocycles. The van der Waals surface area contributed by atoms with Crippen molar-refractivity contribution in [2.45, 2.75) is 26.3 Å². The van der Waals surface area contributed by atoms with E-state index in [1.807, 2.05) is 26.8 Å². The van der Waals surface area contributed by atoms with Crippen LogP contribution in [0.5, 0.6) is 5.75 Å². The van der Waals surface area contributed by atoms with Crippen molar-refractivity contribution in [1.29, 1.82) is 0 Å². The Labute approximate surface area is 123 Å². The molecule has 0 aliphatic carbocycles. The summed E-state index contributed by atoms with van der Waals surface area (Å²) in [6.07, 6.45) is 0. The van der Waals surface area contributed by atoms with Gasteiger partial charge in [0.2, 0.25) is 0 Å². The number of hydrogen-bond acceptors (Lipinski definition) is 3. The fraction of sp³-hybridized carbons (Fsp3) is 0.375. The van der Waals surface area contributed by atoms with Crippen molar-refractivity contribution in [2.75, 3.05) is 7.11 Å². The molecule has 21 heavy (non-hydrogen) atoms. The van der Waals surface area contributed by atoms with Crippen LogP contribution in [-0.2, 0) is 7.05 Å². The molecule has 2 rings (SSSR count). The number of rotatable bonds is 2. The van der Waals surface area contributed by atoms with E-state index in [0.29, 0.717) is 5.75 Å². The van der Waals surface area contributed by atoms with Crippen LogP contribution in [0.15, 0.2) is 29.1 Å². The van der Waals surface area contributed by atoms with Crippen LogP contribution in [0, 0.1) is 0 Å². The molecule has 1 amide bonds. The Kier molecular flexibility index (Phi) is 3.77. The Morgan fingerprint density at radius 3 is 2.48 bits per heavy atom. The number of pyridine rings is 1. The summed E-state index contributed by atoms with van der Waals surface area (Å²) in [7, 11) is 3.22. The van der Waals surface area contributed by atoms with Gasteiger partial charge in [-0.05, 0) is 44.4 Å². The van der Waals surface area contributed by atoms with Gasteiger partial charge in [0, 0.05) is 18.7 Å². The van der Waals surface area contributed by atoms with E-state index in [0.717, 1.165) is 10.9 Å². The van der Waals surface area contributed by atoms with Gasteiger partial charge in [-0.25, -0.2) is 0 Å².